The van der Waals surface area contributed by atoms with Gasteiger partial charge in [0.25, 0.3) is 0 Å². The molecule has 0 aliphatic carbocycles. The van der Waals surface area contributed by atoms with E-state index in [9.17, 15) is 4.79 Å². The average Bonchev–Trinajstić information content (AvgIpc) is 2.11. The van der Waals surface area contributed by atoms with Crippen molar-refractivity contribution >= 4 is 11.9 Å². The summed E-state index contributed by atoms with van der Waals surface area (Å²) in [5, 5.41) is 12.0. The lowest BCUT2D eigenvalue weighted by Crippen LogP contribution is -2.32. The van der Waals surface area contributed by atoms with E-state index in [2.05, 4.69) is 5.16 Å². The van der Waals surface area contributed by atoms with Gasteiger partial charge in [-0.05, 0) is 5.16 Å². The average molecular weight is 204 g/mol. The number of carbonyl (C=O) groups is 1. The summed E-state index contributed by atoms with van der Waals surface area (Å²) in [6.45, 7) is 0.127. The van der Waals surface area contributed by atoms with E-state index in [0.29, 0.717) is 0 Å². The number of carboxylic acid groups (broad SMARTS) is 1. The molecule has 0 aliphatic heterocycles. The number of nitrogens with zero attached hydrogens (tertiary/aromatic N) is 2. The summed E-state index contributed by atoms with van der Waals surface area (Å²) < 4.78 is 0. The smallest absolute Gasteiger partial charge is 0.320 e. The molecule has 0 bridgehead atoms. The van der Waals surface area contributed by atoms with E-state index in [-0.39, 0.29) is 19.0 Å². The van der Waals surface area contributed by atoms with Gasteiger partial charge in [0, 0.05) is 20.5 Å². The predicted octanol–water partition coefficient (Wildman–Crippen LogP) is -1.40. The normalized spacial score (nSPS) is 13.5. The molecule has 1 atom stereocenters. The first-order chi connectivity index (χ1) is 6.45. The molecule has 82 valence electrons. The summed E-state index contributed by atoms with van der Waals surface area (Å²) in [4.78, 5) is 16.6. The number of oxime groups is 1. The molecule has 0 saturated heterocycles. The Morgan fingerprint density at radius 2 is 2.21 bits per heavy atom. The Balaban J connectivity index is 3.66. The second kappa shape index (κ2) is 6.03. The quantitative estimate of drug-likeness (QED) is 0.219. The van der Waals surface area contributed by atoms with Crippen LogP contribution in [-0.2, 0) is 9.63 Å². The second-order valence-corrected chi connectivity index (χ2v) is 2.91. The van der Waals surface area contributed by atoms with Gasteiger partial charge >= 0.3 is 5.97 Å². The molecule has 1 unspecified atom stereocenters. The molecule has 0 fully saturated rings. The number of rotatable bonds is 5. The second-order valence-electron chi connectivity index (χ2n) is 2.91. The van der Waals surface area contributed by atoms with Crippen LogP contribution in [0.5, 0.6) is 0 Å². The number of carboxylic acids is 1. The van der Waals surface area contributed by atoms with Crippen molar-refractivity contribution in [1.82, 2.24) is 4.90 Å². The Bertz CT molecular complexity index is 217. The SMILES string of the molecule is CN(C)/C(N)=N\OCCC(N)C(=O)O. The Kier molecular flexibility index (Phi) is 5.38. The predicted molar refractivity (Wildman–Crippen MR) is 51.5 cm³/mol. The summed E-state index contributed by atoms with van der Waals surface area (Å²) in [6, 6.07) is -0.925. The summed E-state index contributed by atoms with van der Waals surface area (Å²) >= 11 is 0. The first kappa shape index (κ1) is 12.5. The molecule has 0 heterocycles. The lowest BCUT2D eigenvalue weighted by Gasteiger charge is -2.10. The summed E-state index contributed by atoms with van der Waals surface area (Å²) in [7, 11) is 3.43. The lowest BCUT2D eigenvalue weighted by atomic mass is 10.2. The van der Waals surface area contributed by atoms with Gasteiger partial charge in [0.15, 0.2) is 0 Å². The summed E-state index contributed by atoms with van der Waals surface area (Å²) in [6.07, 6.45) is 0.194. The van der Waals surface area contributed by atoms with E-state index in [1.165, 1.54) is 0 Å². The van der Waals surface area contributed by atoms with Crippen LogP contribution in [-0.4, -0.2) is 48.7 Å². The maximum atomic E-state index is 10.3. The molecule has 0 aromatic rings. The highest BCUT2D eigenvalue weighted by Crippen LogP contribution is 1.90. The van der Waals surface area contributed by atoms with Crippen LogP contribution in [0.4, 0.5) is 0 Å². The standard InChI is InChI=1S/C7H16N4O3/c1-11(2)7(9)10-14-4-3-5(8)6(12)13/h5H,3-4,8H2,1-2H3,(H2,9,10)(H,12,13). The summed E-state index contributed by atoms with van der Waals surface area (Å²) in [5.41, 5.74) is 10.6. The van der Waals surface area contributed by atoms with Crippen molar-refractivity contribution in [2.24, 2.45) is 16.6 Å². The molecule has 0 saturated carbocycles. The zero-order valence-electron chi connectivity index (χ0n) is 8.30. The van der Waals surface area contributed by atoms with Crippen LogP contribution in [0.2, 0.25) is 0 Å². The molecule has 0 aromatic carbocycles. The van der Waals surface area contributed by atoms with Gasteiger partial charge in [-0.3, -0.25) is 4.79 Å². The van der Waals surface area contributed by atoms with Gasteiger partial charge in [0.05, 0.1) is 0 Å². The molecule has 0 aliphatic rings. The number of guanidine groups is 1. The van der Waals surface area contributed by atoms with E-state index in [1.54, 1.807) is 19.0 Å². The fourth-order valence-electron chi connectivity index (χ4n) is 0.497. The first-order valence-corrected chi connectivity index (χ1v) is 4.06. The third-order valence-corrected chi connectivity index (χ3v) is 1.45. The van der Waals surface area contributed by atoms with Crippen molar-refractivity contribution in [3.05, 3.63) is 0 Å². The van der Waals surface area contributed by atoms with Crippen LogP contribution in [0, 0.1) is 0 Å². The number of nitrogens with two attached hydrogens (primary N) is 2. The molecule has 0 spiro atoms. The highest BCUT2D eigenvalue weighted by Gasteiger charge is 2.10. The largest absolute Gasteiger partial charge is 0.480 e. The third-order valence-electron chi connectivity index (χ3n) is 1.45. The molecule has 7 nitrogen and oxygen atoms in total. The van der Waals surface area contributed by atoms with Crippen LogP contribution in [0.1, 0.15) is 6.42 Å². The zero-order chi connectivity index (χ0) is 11.1. The topological polar surface area (TPSA) is 114 Å². The number of aliphatic carboxylic acids is 1. The minimum absolute atomic E-state index is 0.127. The third kappa shape index (κ3) is 5.20. The van der Waals surface area contributed by atoms with E-state index in [0.717, 1.165) is 0 Å². The Morgan fingerprint density at radius 3 is 2.64 bits per heavy atom. The Hall–Kier alpha value is -1.50. The van der Waals surface area contributed by atoms with E-state index in [1.807, 2.05) is 0 Å². The zero-order valence-corrected chi connectivity index (χ0v) is 8.30. The highest BCUT2D eigenvalue weighted by atomic mass is 16.6. The first-order valence-electron chi connectivity index (χ1n) is 4.06. The molecule has 14 heavy (non-hydrogen) atoms. The monoisotopic (exact) mass is 204 g/mol. The summed E-state index contributed by atoms with van der Waals surface area (Å²) in [5.74, 6) is -0.841. The molecule has 5 N–H and O–H groups in total. The van der Waals surface area contributed by atoms with Gasteiger partial charge in [-0.15, -0.1) is 0 Å². The van der Waals surface area contributed by atoms with Crippen LogP contribution < -0.4 is 11.5 Å². The number of hydrogen-bond acceptors (Lipinski definition) is 4. The molecule has 0 radical (unpaired) electrons. The van der Waals surface area contributed by atoms with Crippen LogP contribution in [0.15, 0.2) is 5.16 Å². The van der Waals surface area contributed by atoms with E-state index in [4.69, 9.17) is 21.4 Å². The van der Waals surface area contributed by atoms with Gasteiger partial charge in [-0.1, -0.05) is 0 Å². The fourth-order valence-corrected chi connectivity index (χ4v) is 0.497. The van der Waals surface area contributed by atoms with Gasteiger partial charge in [0.2, 0.25) is 5.96 Å². The van der Waals surface area contributed by atoms with Crippen LogP contribution >= 0.6 is 0 Å². The minimum Gasteiger partial charge on any atom is -0.480 e. The van der Waals surface area contributed by atoms with Crippen molar-refractivity contribution < 1.29 is 14.7 Å². The number of hydrogen-bond donors (Lipinski definition) is 3. The van der Waals surface area contributed by atoms with Gasteiger partial charge in [-0.2, -0.15) is 0 Å². The molecule has 7 heteroatoms. The Labute approximate surface area is 82.3 Å². The van der Waals surface area contributed by atoms with Crippen molar-refractivity contribution in [3.63, 3.8) is 0 Å². The fraction of sp³-hybridized carbons (Fsp3) is 0.714. The lowest BCUT2D eigenvalue weighted by molar-refractivity contribution is -0.139. The van der Waals surface area contributed by atoms with Crippen molar-refractivity contribution in [2.75, 3.05) is 20.7 Å². The molecular weight excluding hydrogens is 188 g/mol. The van der Waals surface area contributed by atoms with Crippen molar-refractivity contribution in [2.45, 2.75) is 12.5 Å². The maximum absolute atomic E-state index is 10.3. The molecular formula is C7H16N4O3. The maximum Gasteiger partial charge on any atom is 0.320 e. The van der Waals surface area contributed by atoms with Crippen LogP contribution in [0.25, 0.3) is 0 Å². The minimum atomic E-state index is -1.06. The van der Waals surface area contributed by atoms with Gasteiger partial charge < -0.3 is 26.3 Å². The van der Waals surface area contributed by atoms with Gasteiger partial charge in [0.1, 0.15) is 12.6 Å². The van der Waals surface area contributed by atoms with E-state index >= 15 is 0 Å². The van der Waals surface area contributed by atoms with Crippen molar-refractivity contribution in [1.29, 1.82) is 0 Å². The highest BCUT2D eigenvalue weighted by molar-refractivity contribution is 5.76. The van der Waals surface area contributed by atoms with Gasteiger partial charge in [-0.25, -0.2) is 0 Å². The van der Waals surface area contributed by atoms with E-state index < -0.39 is 12.0 Å². The Morgan fingerprint density at radius 1 is 1.64 bits per heavy atom. The van der Waals surface area contributed by atoms with Crippen molar-refractivity contribution in [3.8, 4) is 0 Å². The molecule has 0 amide bonds. The molecule has 0 aromatic heterocycles. The molecule has 0 rings (SSSR count). The van der Waals surface area contributed by atoms with Crippen LogP contribution in [0.3, 0.4) is 0 Å².